The molecular formula is C12H22F3NO2. The van der Waals surface area contributed by atoms with Crippen molar-refractivity contribution in [1.82, 2.24) is 5.32 Å². The molecule has 0 spiro atoms. The maximum Gasteiger partial charge on any atom is 0.393 e. The Kier molecular flexibility index (Phi) is 6.38. The molecule has 0 radical (unpaired) electrons. The van der Waals surface area contributed by atoms with Crippen LogP contribution in [-0.4, -0.2) is 43.7 Å². The Balaban J connectivity index is 2.55. The minimum absolute atomic E-state index is 0.162. The fraction of sp³-hybridized carbons (Fsp3) is 1.00. The number of ether oxygens (including phenoxy) is 1. The van der Waals surface area contributed by atoms with Crippen molar-refractivity contribution in [3.63, 3.8) is 0 Å². The van der Waals surface area contributed by atoms with E-state index in [9.17, 15) is 18.3 Å². The van der Waals surface area contributed by atoms with Crippen molar-refractivity contribution in [2.45, 2.75) is 50.4 Å². The molecule has 1 aliphatic rings. The number of halogens is 3. The molecule has 3 nitrogen and oxygen atoms in total. The van der Waals surface area contributed by atoms with Crippen LogP contribution in [0.4, 0.5) is 13.2 Å². The van der Waals surface area contributed by atoms with Gasteiger partial charge in [-0.15, -0.1) is 0 Å². The van der Waals surface area contributed by atoms with Crippen molar-refractivity contribution in [3.05, 3.63) is 0 Å². The van der Waals surface area contributed by atoms with Crippen LogP contribution in [0.1, 0.15) is 32.1 Å². The lowest BCUT2D eigenvalue weighted by atomic mass is 9.83. The number of alkyl halides is 3. The van der Waals surface area contributed by atoms with Crippen LogP contribution < -0.4 is 5.32 Å². The summed E-state index contributed by atoms with van der Waals surface area (Å²) in [5.41, 5.74) is 0. The highest BCUT2D eigenvalue weighted by Crippen LogP contribution is 2.37. The molecule has 0 bridgehead atoms. The van der Waals surface area contributed by atoms with Crippen molar-refractivity contribution in [2.75, 3.05) is 20.3 Å². The number of hydrogen-bond acceptors (Lipinski definition) is 3. The van der Waals surface area contributed by atoms with Gasteiger partial charge in [0, 0.05) is 25.8 Å². The maximum absolute atomic E-state index is 12.9. The molecule has 0 aromatic rings. The third-order valence-corrected chi connectivity index (χ3v) is 3.53. The average Bonchev–Trinajstić information content (AvgIpc) is 2.33. The quantitative estimate of drug-likeness (QED) is 0.776. The number of hydrogen-bond donors (Lipinski definition) is 2. The summed E-state index contributed by atoms with van der Waals surface area (Å²) in [6.45, 7) is 0.270. The number of methoxy groups -OCH3 is 1. The van der Waals surface area contributed by atoms with Gasteiger partial charge >= 0.3 is 6.18 Å². The SMILES string of the molecule is COCCC(CO)NC1CCCCC1C(F)(F)F. The molecule has 3 unspecified atom stereocenters. The predicted octanol–water partition coefficient (Wildman–Crippen LogP) is 2.09. The van der Waals surface area contributed by atoms with Crippen molar-refractivity contribution in [1.29, 1.82) is 0 Å². The van der Waals surface area contributed by atoms with E-state index in [0.29, 0.717) is 25.9 Å². The number of nitrogens with one attached hydrogen (secondary N) is 1. The van der Waals surface area contributed by atoms with Crippen LogP contribution >= 0.6 is 0 Å². The van der Waals surface area contributed by atoms with Gasteiger partial charge in [-0.05, 0) is 19.3 Å². The second kappa shape index (κ2) is 7.31. The van der Waals surface area contributed by atoms with Crippen LogP contribution in [0.5, 0.6) is 0 Å². The smallest absolute Gasteiger partial charge is 0.393 e. The summed E-state index contributed by atoms with van der Waals surface area (Å²) in [7, 11) is 1.54. The molecule has 0 saturated heterocycles. The zero-order valence-electron chi connectivity index (χ0n) is 10.7. The molecule has 6 heteroatoms. The first-order valence-corrected chi connectivity index (χ1v) is 6.41. The molecule has 1 saturated carbocycles. The highest BCUT2D eigenvalue weighted by molar-refractivity contribution is 4.87. The van der Waals surface area contributed by atoms with Crippen molar-refractivity contribution < 1.29 is 23.0 Å². The normalized spacial score (nSPS) is 27.2. The summed E-state index contributed by atoms with van der Waals surface area (Å²) >= 11 is 0. The number of rotatable bonds is 6. The molecule has 1 aliphatic carbocycles. The fourth-order valence-corrected chi connectivity index (χ4v) is 2.51. The largest absolute Gasteiger partial charge is 0.395 e. The van der Waals surface area contributed by atoms with E-state index in [1.807, 2.05) is 0 Å². The van der Waals surface area contributed by atoms with Gasteiger partial charge in [-0.2, -0.15) is 13.2 Å². The Morgan fingerprint density at radius 2 is 2.00 bits per heavy atom. The highest BCUT2D eigenvalue weighted by Gasteiger charge is 2.45. The Labute approximate surface area is 106 Å². The van der Waals surface area contributed by atoms with E-state index in [0.717, 1.165) is 6.42 Å². The van der Waals surface area contributed by atoms with E-state index in [1.165, 1.54) is 7.11 Å². The van der Waals surface area contributed by atoms with Crippen molar-refractivity contribution in [2.24, 2.45) is 5.92 Å². The fourth-order valence-electron chi connectivity index (χ4n) is 2.51. The molecule has 0 aromatic carbocycles. The van der Waals surface area contributed by atoms with Crippen LogP contribution in [0.2, 0.25) is 0 Å². The first-order chi connectivity index (χ1) is 8.49. The van der Waals surface area contributed by atoms with Crippen LogP contribution in [0.15, 0.2) is 0 Å². The van der Waals surface area contributed by atoms with Gasteiger partial charge in [-0.1, -0.05) is 12.8 Å². The van der Waals surface area contributed by atoms with Gasteiger partial charge < -0.3 is 15.2 Å². The third-order valence-electron chi connectivity index (χ3n) is 3.53. The van der Waals surface area contributed by atoms with Crippen molar-refractivity contribution in [3.8, 4) is 0 Å². The summed E-state index contributed by atoms with van der Waals surface area (Å²) in [5, 5.41) is 12.1. The molecule has 0 heterocycles. The first kappa shape index (κ1) is 15.7. The molecule has 2 N–H and O–H groups in total. The molecule has 0 aromatic heterocycles. The van der Waals surface area contributed by atoms with Crippen LogP contribution in [0, 0.1) is 5.92 Å². The molecule has 18 heavy (non-hydrogen) atoms. The van der Waals surface area contributed by atoms with E-state index >= 15 is 0 Å². The summed E-state index contributed by atoms with van der Waals surface area (Å²) in [6, 6.07) is -0.898. The minimum atomic E-state index is -4.15. The summed E-state index contributed by atoms with van der Waals surface area (Å²) in [4.78, 5) is 0. The summed E-state index contributed by atoms with van der Waals surface area (Å²) in [6.07, 6.45) is -1.48. The standard InChI is InChI=1S/C12H22F3NO2/c1-18-7-6-9(8-17)16-11-5-3-2-4-10(11)12(13,14)15/h9-11,16-17H,2-8H2,1H3. The summed E-state index contributed by atoms with van der Waals surface area (Å²) < 4.78 is 43.5. The van der Waals surface area contributed by atoms with E-state index in [1.54, 1.807) is 0 Å². The molecule has 3 atom stereocenters. The highest BCUT2D eigenvalue weighted by atomic mass is 19.4. The van der Waals surface area contributed by atoms with Gasteiger partial charge in [0.1, 0.15) is 0 Å². The van der Waals surface area contributed by atoms with Gasteiger partial charge in [0.2, 0.25) is 0 Å². The maximum atomic E-state index is 12.9. The topological polar surface area (TPSA) is 41.5 Å². The zero-order valence-corrected chi connectivity index (χ0v) is 10.7. The Hall–Kier alpha value is -0.330. The zero-order chi connectivity index (χ0) is 13.6. The Bertz CT molecular complexity index is 236. The molecule has 108 valence electrons. The van der Waals surface area contributed by atoms with Gasteiger partial charge in [-0.25, -0.2) is 0 Å². The van der Waals surface area contributed by atoms with Gasteiger partial charge in [0.15, 0.2) is 0 Å². The second-order valence-electron chi connectivity index (χ2n) is 4.87. The Morgan fingerprint density at radius 1 is 1.33 bits per heavy atom. The van der Waals surface area contributed by atoms with Crippen LogP contribution in [0.25, 0.3) is 0 Å². The predicted molar refractivity (Wildman–Crippen MR) is 62.3 cm³/mol. The van der Waals surface area contributed by atoms with E-state index in [4.69, 9.17) is 4.74 Å². The Morgan fingerprint density at radius 3 is 2.56 bits per heavy atom. The second-order valence-corrected chi connectivity index (χ2v) is 4.87. The lowest BCUT2D eigenvalue weighted by Crippen LogP contribution is -2.50. The average molecular weight is 269 g/mol. The van der Waals surface area contributed by atoms with E-state index < -0.39 is 18.1 Å². The lowest BCUT2D eigenvalue weighted by Gasteiger charge is -2.35. The monoisotopic (exact) mass is 269 g/mol. The van der Waals surface area contributed by atoms with E-state index in [-0.39, 0.29) is 19.1 Å². The van der Waals surface area contributed by atoms with E-state index in [2.05, 4.69) is 5.32 Å². The number of aliphatic hydroxyl groups excluding tert-OH is 1. The van der Waals surface area contributed by atoms with Crippen LogP contribution in [-0.2, 0) is 4.74 Å². The summed E-state index contributed by atoms with van der Waals surface area (Å²) in [5.74, 6) is -1.29. The van der Waals surface area contributed by atoms with Gasteiger partial charge in [0.25, 0.3) is 0 Å². The minimum Gasteiger partial charge on any atom is -0.395 e. The molecule has 1 rings (SSSR count). The van der Waals surface area contributed by atoms with Gasteiger partial charge in [-0.3, -0.25) is 0 Å². The molecule has 1 fully saturated rings. The number of aliphatic hydroxyl groups is 1. The van der Waals surface area contributed by atoms with Gasteiger partial charge in [0.05, 0.1) is 12.5 Å². The molecular weight excluding hydrogens is 247 g/mol. The molecule has 0 aliphatic heterocycles. The lowest BCUT2D eigenvalue weighted by molar-refractivity contribution is -0.189. The van der Waals surface area contributed by atoms with Crippen molar-refractivity contribution >= 4 is 0 Å². The third kappa shape index (κ3) is 4.74. The first-order valence-electron chi connectivity index (χ1n) is 6.41. The van der Waals surface area contributed by atoms with Crippen LogP contribution in [0.3, 0.4) is 0 Å². The molecule has 0 amide bonds.